The molecule has 2 rings (SSSR count). The number of hydrogen-bond donors (Lipinski definition) is 2. The lowest BCUT2D eigenvalue weighted by molar-refractivity contribution is -0.128. The lowest BCUT2D eigenvalue weighted by Crippen LogP contribution is -2.55. The van der Waals surface area contributed by atoms with Crippen LogP contribution in [0.4, 0.5) is 0 Å². The first kappa shape index (κ1) is 15.3. The van der Waals surface area contributed by atoms with Crippen LogP contribution in [0.25, 0.3) is 0 Å². The van der Waals surface area contributed by atoms with Crippen LogP contribution in [0.2, 0.25) is 0 Å². The minimum Gasteiger partial charge on any atom is -0.369 e. The second-order valence-electron chi connectivity index (χ2n) is 5.94. The minimum absolute atomic E-state index is 0.0914. The van der Waals surface area contributed by atoms with Crippen LogP contribution in [0.1, 0.15) is 32.6 Å². The highest BCUT2D eigenvalue weighted by Gasteiger charge is 2.27. The fraction of sp³-hybridized carbons (Fsp3) is 0.857. The van der Waals surface area contributed by atoms with Gasteiger partial charge >= 0.3 is 0 Å². The second-order valence-corrected chi connectivity index (χ2v) is 5.94. The summed E-state index contributed by atoms with van der Waals surface area (Å²) in [4.78, 5) is 27.3. The number of carbonyl (C=O) groups excluding carboxylic acids is 2. The highest BCUT2D eigenvalue weighted by Crippen LogP contribution is 2.18. The van der Waals surface area contributed by atoms with Crippen LogP contribution in [0.5, 0.6) is 0 Å². The van der Waals surface area contributed by atoms with Gasteiger partial charge in [-0.1, -0.05) is 12.8 Å². The van der Waals surface area contributed by atoms with Gasteiger partial charge in [0.25, 0.3) is 0 Å². The van der Waals surface area contributed by atoms with Crippen molar-refractivity contribution in [3.8, 4) is 0 Å². The molecule has 2 amide bonds. The Morgan fingerprint density at radius 1 is 1.20 bits per heavy atom. The van der Waals surface area contributed by atoms with E-state index in [1.54, 1.807) is 0 Å². The fourth-order valence-corrected chi connectivity index (χ4v) is 3.09. The molecular formula is C14H26N4O2. The van der Waals surface area contributed by atoms with Crippen molar-refractivity contribution in [2.75, 3.05) is 32.7 Å². The molecule has 0 aromatic carbocycles. The van der Waals surface area contributed by atoms with Crippen LogP contribution >= 0.6 is 0 Å². The molecule has 2 aliphatic rings. The Hall–Kier alpha value is -1.14. The smallest absolute Gasteiger partial charge is 0.237 e. The van der Waals surface area contributed by atoms with Gasteiger partial charge in [-0.25, -0.2) is 0 Å². The number of carbonyl (C=O) groups is 2. The van der Waals surface area contributed by atoms with Crippen molar-refractivity contribution in [1.82, 2.24) is 15.1 Å². The summed E-state index contributed by atoms with van der Waals surface area (Å²) in [6.45, 7) is 5.50. The van der Waals surface area contributed by atoms with Crippen LogP contribution in [-0.4, -0.2) is 66.4 Å². The van der Waals surface area contributed by atoms with E-state index in [9.17, 15) is 9.59 Å². The Balaban J connectivity index is 1.74. The van der Waals surface area contributed by atoms with E-state index in [-0.39, 0.29) is 17.9 Å². The summed E-state index contributed by atoms with van der Waals surface area (Å²) >= 11 is 0. The van der Waals surface area contributed by atoms with Gasteiger partial charge in [0, 0.05) is 32.2 Å². The molecule has 2 fully saturated rings. The summed E-state index contributed by atoms with van der Waals surface area (Å²) in [5.41, 5.74) is 5.20. The predicted octanol–water partition coefficient (Wildman–Crippen LogP) is -0.463. The van der Waals surface area contributed by atoms with E-state index in [1.165, 1.54) is 12.8 Å². The number of rotatable bonds is 5. The molecule has 1 saturated carbocycles. The molecule has 6 heteroatoms. The van der Waals surface area contributed by atoms with Gasteiger partial charge in [0.05, 0.1) is 12.6 Å². The normalized spacial score (nSPS) is 23.6. The summed E-state index contributed by atoms with van der Waals surface area (Å²) < 4.78 is 0. The van der Waals surface area contributed by atoms with Crippen molar-refractivity contribution in [2.24, 2.45) is 5.73 Å². The van der Waals surface area contributed by atoms with Crippen molar-refractivity contribution < 1.29 is 9.59 Å². The third-order valence-corrected chi connectivity index (χ3v) is 4.42. The quantitative estimate of drug-likeness (QED) is 0.715. The summed E-state index contributed by atoms with van der Waals surface area (Å²) in [5.74, 6) is -0.147. The average molecular weight is 282 g/mol. The maximum absolute atomic E-state index is 12.2. The Bertz CT molecular complexity index is 347. The van der Waals surface area contributed by atoms with Gasteiger partial charge < -0.3 is 11.1 Å². The molecule has 0 spiro atoms. The monoisotopic (exact) mass is 282 g/mol. The first-order valence-corrected chi connectivity index (χ1v) is 7.61. The van der Waals surface area contributed by atoms with E-state index >= 15 is 0 Å². The van der Waals surface area contributed by atoms with Crippen LogP contribution in [0.3, 0.4) is 0 Å². The lowest BCUT2D eigenvalue weighted by Gasteiger charge is -2.37. The molecule has 1 aliphatic carbocycles. The highest BCUT2D eigenvalue weighted by atomic mass is 16.2. The first-order valence-electron chi connectivity index (χ1n) is 7.61. The van der Waals surface area contributed by atoms with Gasteiger partial charge in [0.2, 0.25) is 11.8 Å². The summed E-state index contributed by atoms with van der Waals surface area (Å²) in [6.07, 6.45) is 4.69. The Kier molecular flexibility index (Phi) is 5.37. The zero-order valence-electron chi connectivity index (χ0n) is 12.3. The molecule has 1 aliphatic heterocycles. The standard InChI is InChI=1S/C14H26N4O2/c1-11(14(20)16-12-4-2-3-5-12)18-8-6-17(7-9-18)10-13(15)19/h11-12H,2-10H2,1H3,(H2,15,19)(H,16,20). The highest BCUT2D eigenvalue weighted by molar-refractivity contribution is 5.81. The number of nitrogens with one attached hydrogen (secondary N) is 1. The number of piperazine rings is 1. The van der Waals surface area contributed by atoms with Gasteiger partial charge in [-0.05, 0) is 19.8 Å². The van der Waals surface area contributed by atoms with Crippen LogP contribution in [0.15, 0.2) is 0 Å². The Labute approximate surface area is 120 Å². The SMILES string of the molecule is CC(C(=O)NC1CCCC1)N1CCN(CC(N)=O)CC1. The van der Waals surface area contributed by atoms with Crippen LogP contribution in [0, 0.1) is 0 Å². The number of primary amides is 1. The van der Waals surface area contributed by atoms with Crippen molar-refractivity contribution >= 4 is 11.8 Å². The van der Waals surface area contributed by atoms with Crippen LogP contribution in [-0.2, 0) is 9.59 Å². The van der Waals surface area contributed by atoms with Crippen molar-refractivity contribution in [2.45, 2.75) is 44.7 Å². The van der Waals surface area contributed by atoms with Crippen molar-refractivity contribution in [3.63, 3.8) is 0 Å². The van der Waals surface area contributed by atoms with Gasteiger partial charge in [0.15, 0.2) is 0 Å². The predicted molar refractivity (Wildman–Crippen MR) is 77.1 cm³/mol. The van der Waals surface area contributed by atoms with Gasteiger partial charge in [0.1, 0.15) is 0 Å². The zero-order valence-corrected chi connectivity index (χ0v) is 12.3. The largest absolute Gasteiger partial charge is 0.369 e. The van der Waals surface area contributed by atoms with Gasteiger partial charge in [-0.2, -0.15) is 0 Å². The van der Waals surface area contributed by atoms with E-state index in [0.717, 1.165) is 39.0 Å². The molecule has 20 heavy (non-hydrogen) atoms. The molecule has 6 nitrogen and oxygen atoms in total. The van der Waals surface area contributed by atoms with E-state index in [1.807, 2.05) is 11.8 Å². The van der Waals surface area contributed by atoms with Gasteiger partial charge in [-0.3, -0.25) is 19.4 Å². The molecule has 1 saturated heterocycles. The molecule has 0 bridgehead atoms. The first-order chi connectivity index (χ1) is 9.56. The number of amides is 2. The molecule has 1 unspecified atom stereocenters. The molecule has 0 aromatic rings. The maximum Gasteiger partial charge on any atom is 0.237 e. The molecule has 1 heterocycles. The molecule has 1 atom stereocenters. The lowest BCUT2D eigenvalue weighted by atomic mass is 10.2. The average Bonchev–Trinajstić information content (AvgIpc) is 2.91. The molecule has 0 aromatic heterocycles. The van der Waals surface area contributed by atoms with Crippen molar-refractivity contribution in [3.05, 3.63) is 0 Å². The topological polar surface area (TPSA) is 78.7 Å². The third-order valence-electron chi connectivity index (χ3n) is 4.42. The second kappa shape index (κ2) is 7.04. The number of nitrogens with zero attached hydrogens (tertiary/aromatic N) is 2. The molecular weight excluding hydrogens is 256 g/mol. The van der Waals surface area contributed by atoms with Crippen LogP contribution < -0.4 is 11.1 Å². The summed E-state index contributed by atoms with van der Waals surface area (Å²) in [6, 6.07) is 0.285. The van der Waals surface area contributed by atoms with E-state index in [0.29, 0.717) is 12.6 Å². The molecule has 0 radical (unpaired) electrons. The fourth-order valence-electron chi connectivity index (χ4n) is 3.09. The van der Waals surface area contributed by atoms with Gasteiger partial charge in [-0.15, -0.1) is 0 Å². The van der Waals surface area contributed by atoms with E-state index in [2.05, 4.69) is 10.2 Å². The molecule has 3 N–H and O–H groups in total. The zero-order chi connectivity index (χ0) is 14.5. The maximum atomic E-state index is 12.2. The van der Waals surface area contributed by atoms with Crippen molar-refractivity contribution in [1.29, 1.82) is 0 Å². The number of nitrogens with two attached hydrogens (primary N) is 1. The Morgan fingerprint density at radius 2 is 1.80 bits per heavy atom. The Morgan fingerprint density at radius 3 is 2.35 bits per heavy atom. The van der Waals surface area contributed by atoms with E-state index in [4.69, 9.17) is 5.73 Å². The number of hydrogen-bond acceptors (Lipinski definition) is 4. The third kappa shape index (κ3) is 4.18. The summed E-state index contributed by atoms with van der Waals surface area (Å²) in [5, 5.41) is 3.15. The minimum atomic E-state index is -0.287. The summed E-state index contributed by atoms with van der Waals surface area (Å²) in [7, 11) is 0. The molecule has 114 valence electrons. The van der Waals surface area contributed by atoms with E-state index < -0.39 is 0 Å².